The maximum absolute atomic E-state index is 12.8. The number of aliphatic hydroxyl groups excluding tert-OH is 1. The van der Waals surface area contributed by atoms with E-state index in [1.54, 1.807) is 6.08 Å². The number of rotatable bonds is 41. The van der Waals surface area contributed by atoms with Crippen molar-refractivity contribution < 1.29 is 32.9 Å². The number of amides is 1. The predicted molar refractivity (Wildman–Crippen MR) is 226 cm³/mol. The van der Waals surface area contributed by atoms with Crippen LogP contribution in [0.5, 0.6) is 0 Å². The van der Waals surface area contributed by atoms with Crippen LogP contribution in [-0.4, -0.2) is 73.4 Å². The third-order valence-corrected chi connectivity index (χ3v) is 11.2. The molecule has 0 rings (SSSR count). The van der Waals surface area contributed by atoms with Crippen molar-refractivity contribution in [1.82, 2.24) is 5.32 Å². The fourth-order valence-electron chi connectivity index (χ4n) is 6.63. The van der Waals surface area contributed by atoms with Crippen LogP contribution in [0.15, 0.2) is 12.2 Å². The molecule has 3 N–H and O–H groups in total. The largest absolute Gasteiger partial charge is 0.472 e. The van der Waals surface area contributed by atoms with Gasteiger partial charge in [-0.05, 0) is 19.3 Å². The quantitative estimate of drug-likeness (QED) is 0.0247. The number of likely N-dealkylation sites (N-methyl/N-ethyl adjacent to an activating group) is 1. The lowest BCUT2D eigenvalue weighted by molar-refractivity contribution is -0.870. The summed E-state index contributed by atoms with van der Waals surface area (Å²) in [5.74, 6) is -0.177. The zero-order valence-electron chi connectivity index (χ0n) is 35.8. The van der Waals surface area contributed by atoms with E-state index < -0.39 is 20.0 Å². The summed E-state index contributed by atoms with van der Waals surface area (Å²) in [5.41, 5.74) is 0. The predicted octanol–water partition coefficient (Wildman–Crippen LogP) is 12.4. The Hall–Kier alpha value is -0.760. The first-order chi connectivity index (χ1) is 25.5. The average Bonchev–Trinajstić information content (AvgIpc) is 3.10. The number of phosphoric ester groups is 1. The minimum Gasteiger partial charge on any atom is -0.387 e. The molecule has 53 heavy (non-hydrogen) atoms. The van der Waals surface area contributed by atoms with Gasteiger partial charge in [0.15, 0.2) is 0 Å². The van der Waals surface area contributed by atoms with E-state index in [4.69, 9.17) is 9.05 Å². The molecule has 9 heteroatoms. The number of hydrogen-bond acceptors (Lipinski definition) is 5. The van der Waals surface area contributed by atoms with Crippen LogP contribution in [0.1, 0.15) is 213 Å². The fraction of sp³-hybridized carbons (Fsp3) is 0.932. The summed E-state index contributed by atoms with van der Waals surface area (Å²) in [6.45, 7) is 4.82. The van der Waals surface area contributed by atoms with Crippen LogP contribution in [0, 0.1) is 0 Å². The van der Waals surface area contributed by atoms with Crippen LogP contribution < -0.4 is 5.32 Å². The van der Waals surface area contributed by atoms with E-state index in [0.717, 1.165) is 32.1 Å². The van der Waals surface area contributed by atoms with Crippen LogP contribution >= 0.6 is 7.82 Å². The third kappa shape index (κ3) is 39.3. The Balaban J connectivity index is 4.34. The molecule has 0 aromatic rings. The number of carbonyl (C=O) groups excluding carboxylic acids is 1. The highest BCUT2D eigenvalue weighted by Crippen LogP contribution is 2.43. The molecule has 0 aliphatic rings. The van der Waals surface area contributed by atoms with Crippen molar-refractivity contribution in [3.63, 3.8) is 0 Å². The first kappa shape index (κ1) is 52.2. The van der Waals surface area contributed by atoms with Gasteiger partial charge < -0.3 is 19.8 Å². The van der Waals surface area contributed by atoms with Gasteiger partial charge in [-0.1, -0.05) is 199 Å². The number of hydrogen-bond donors (Lipinski definition) is 3. The SMILES string of the molecule is CCCCCCCCCCCCCCCCCCCC/C=C/C(O)C(COP(=O)(O)OCC[N+](C)(C)C)NC(=O)CCCCCCCCCCCCC. The molecular weight excluding hydrogens is 683 g/mol. The van der Waals surface area contributed by atoms with Crippen LogP contribution in [0.3, 0.4) is 0 Å². The number of phosphoric acid groups is 1. The van der Waals surface area contributed by atoms with Gasteiger partial charge in [-0.15, -0.1) is 0 Å². The van der Waals surface area contributed by atoms with E-state index in [9.17, 15) is 19.4 Å². The maximum atomic E-state index is 12.8. The van der Waals surface area contributed by atoms with E-state index in [0.29, 0.717) is 17.4 Å². The smallest absolute Gasteiger partial charge is 0.387 e. The number of nitrogens with zero attached hydrogens (tertiary/aromatic N) is 1. The summed E-state index contributed by atoms with van der Waals surface area (Å²) in [7, 11) is 1.58. The second-order valence-electron chi connectivity index (χ2n) is 16.8. The lowest BCUT2D eigenvalue weighted by atomic mass is 10.0. The standard InChI is InChI=1S/C44H89N2O6P/c1-6-8-10-12-14-16-18-19-20-21-22-23-24-25-26-28-29-31-33-35-37-43(47)42(41-52-53(49,50)51-40-39-46(3,4)5)45-44(48)38-36-34-32-30-27-17-15-13-11-9-7-2/h35,37,42-43,47H,6-34,36,38-41H2,1-5H3,(H-,45,48,49,50)/p+1/b37-35+. The highest BCUT2D eigenvalue weighted by Gasteiger charge is 2.27. The van der Waals surface area contributed by atoms with Gasteiger partial charge >= 0.3 is 7.82 Å². The van der Waals surface area contributed by atoms with Gasteiger partial charge in [0.25, 0.3) is 0 Å². The molecule has 8 nitrogen and oxygen atoms in total. The summed E-state index contributed by atoms with van der Waals surface area (Å²) in [4.78, 5) is 23.1. The van der Waals surface area contributed by atoms with Crippen LogP contribution in [-0.2, 0) is 18.4 Å². The molecule has 0 aliphatic heterocycles. The van der Waals surface area contributed by atoms with Gasteiger partial charge in [-0.3, -0.25) is 13.8 Å². The van der Waals surface area contributed by atoms with Gasteiger partial charge in [0.05, 0.1) is 39.9 Å². The van der Waals surface area contributed by atoms with Gasteiger partial charge in [0.2, 0.25) is 5.91 Å². The molecule has 0 saturated carbocycles. The van der Waals surface area contributed by atoms with Crippen LogP contribution in [0.4, 0.5) is 0 Å². The Morgan fingerprint density at radius 1 is 0.623 bits per heavy atom. The van der Waals surface area contributed by atoms with E-state index in [1.807, 2.05) is 27.2 Å². The fourth-order valence-corrected chi connectivity index (χ4v) is 7.37. The lowest BCUT2D eigenvalue weighted by Gasteiger charge is -2.25. The molecule has 0 saturated heterocycles. The molecule has 0 heterocycles. The van der Waals surface area contributed by atoms with Crippen molar-refractivity contribution in [3.05, 3.63) is 12.2 Å². The molecule has 0 bridgehead atoms. The molecule has 0 fully saturated rings. The second kappa shape index (κ2) is 36.9. The van der Waals surface area contributed by atoms with E-state index >= 15 is 0 Å². The number of aliphatic hydroxyl groups is 1. The maximum Gasteiger partial charge on any atom is 0.472 e. The second-order valence-corrected chi connectivity index (χ2v) is 18.2. The monoisotopic (exact) mass is 774 g/mol. The highest BCUT2D eigenvalue weighted by atomic mass is 31.2. The zero-order chi connectivity index (χ0) is 39.3. The van der Waals surface area contributed by atoms with Crippen molar-refractivity contribution in [2.75, 3.05) is 40.9 Å². The van der Waals surface area contributed by atoms with Crippen molar-refractivity contribution in [3.8, 4) is 0 Å². The van der Waals surface area contributed by atoms with Gasteiger partial charge in [-0.2, -0.15) is 0 Å². The summed E-state index contributed by atoms with van der Waals surface area (Å²) < 4.78 is 23.5. The molecule has 3 unspecified atom stereocenters. The summed E-state index contributed by atoms with van der Waals surface area (Å²) in [6.07, 6.45) is 41.4. The van der Waals surface area contributed by atoms with Gasteiger partial charge in [0, 0.05) is 6.42 Å². The molecule has 316 valence electrons. The molecule has 0 spiro atoms. The first-order valence-corrected chi connectivity index (χ1v) is 24.1. The topological polar surface area (TPSA) is 105 Å². The van der Waals surface area contributed by atoms with Crippen molar-refractivity contribution in [2.24, 2.45) is 0 Å². The average molecular weight is 774 g/mol. The van der Waals surface area contributed by atoms with Crippen LogP contribution in [0.25, 0.3) is 0 Å². The number of quaternary nitrogens is 1. The Morgan fingerprint density at radius 3 is 1.40 bits per heavy atom. The Kier molecular flexibility index (Phi) is 36.3. The van der Waals surface area contributed by atoms with Gasteiger partial charge in [-0.25, -0.2) is 4.57 Å². The summed E-state index contributed by atoms with van der Waals surface area (Å²) in [5, 5.41) is 13.8. The molecule has 0 radical (unpaired) electrons. The number of nitrogens with one attached hydrogen (secondary N) is 1. The zero-order valence-corrected chi connectivity index (χ0v) is 36.7. The first-order valence-electron chi connectivity index (χ1n) is 22.6. The Bertz CT molecular complexity index is 880. The van der Waals surface area contributed by atoms with Crippen molar-refractivity contribution in [2.45, 2.75) is 225 Å². The highest BCUT2D eigenvalue weighted by molar-refractivity contribution is 7.47. The molecule has 0 aliphatic carbocycles. The summed E-state index contributed by atoms with van der Waals surface area (Å²) >= 11 is 0. The molecule has 3 atom stereocenters. The Labute approximate surface area is 329 Å². The summed E-state index contributed by atoms with van der Waals surface area (Å²) in [6, 6.07) is -0.839. The van der Waals surface area contributed by atoms with Crippen molar-refractivity contribution >= 4 is 13.7 Å². The lowest BCUT2D eigenvalue weighted by Crippen LogP contribution is -2.45. The minimum absolute atomic E-state index is 0.0645. The van der Waals surface area contributed by atoms with E-state index in [2.05, 4.69) is 19.2 Å². The number of carbonyl (C=O) groups is 1. The van der Waals surface area contributed by atoms with Crippen LogP contribution in [0.2, 0.25) is 0 Å². The third-order valence-electron chi connectivity index (χ3n) is 10.3. The van der Waals surface area contributed by atoms with E-state index in [-0.39, 0.29) is 19.1 Å². The minimum atomic E-state index is -4.33. The van der Waals surface area contributed by atoms with Crippen molar-refractivity contribution in [1.29, 1.82) is 0 Å². The molecular formula is C44H90N2O6P+. The molecule has 0 aromatic carbocycles. The molecule has 1 amide bonds. The number of unbranched alkanes of at least 4 members (excludes halogenated alkanes) is 28. The molecule has 0 aromatic heterocycles. The van der Waals surface area contributed by atoms with Gasteiger partial charge in [0.1, 0.15) is 13.2 Å². The Morgan fingerprint density at radius 2 is 1.00 bits per heavy atom. The van der Waals surface area contributed by atoms with E-state index in [1.165, 1.54) is 161 Å². The normalized spacial score (nSPS) is 14.5. The number of allylic oxidation sites excluding steroid dienone is 1.